The molecule has 3 N–H and O–H groups in total. The van der Waals surface area contributed by atoms with Crippen LogP contribution in [0, 0.1) is 0 Å². The zero-order valence-electron chi connectivity index (χ0n) is 10.7. The molecule has 18 heavy (non-hydrogen) atoms. The van der Waals surface area contributed by atoms with Gasteiger partial charge in [0.1, 0.15) is 0 Å². The summed E-state index contributed by atoms with van der Waals surface area (Å²) in [6.45, 7) is 2.91. The van der Waals surface area contributed by atoms with Crippen molar-refractivity contribution in [2.75, 3.05) is 18.6 Å². The standard InChI is InChI=1S/C13H19N3O2/c1-9-12(7-8-18-9)16(2)11-5-3-10(4-6-11)13(14)15-17/h3-6,9,12,17H,7-8H2,1-2H3,(H2,14,15). The van der Waals surface area contributed by atoms with Crippen molar-refractivity contribution < 1.29 is 9.94 Å². The number of hydrogen-bond donors (Lipinski definition) is 2. The maximum atomic E-state index is 8.61. The number of oxime groups is 1. The minimum atomic E-state index is 0.127. The number of ether oxygens (including phenoxy) is 1. The average molecular weight is 249 g/mol. The second-order valence-electron chi connectivity index (χ2n) is 4.57. The van der Waals surface area contributed by atoms with Gasteiger partial charge in [0.25, 0.3) is 0 Å². The Bertz CT molecular complexity index is 430. The Morgan fingerprint density at radius 2 is 2.11 bits per heavy atom. The minimum Gasteiger partial charge on any atom is -0.409 e. The molecule has 5 heteroatoms. The van der Waals surface area contributed by atoms with Crippen molar-refractivity contribution in [2.24, 2.45) is 10.9 Å². The fourth-order valence-corrected chi connectivity index (χ4v) is 2.35. The van der Waals surface area contributed by atoms with E-state index in [2.05, 4.69) is 24.0 Å². The van der Waals surface area contributed by atoms with E-state index < -0.39 is 0 Å². The molecule has 1 heterocycles. The van der Waals surface area contributed by atoms with E-state index in [0.717, 1.165) is 18.7 Å². The van der Waals surface area contributed by atoms with Gasteiger partial charge < -0.3 is 20.6 Å². The molecule has 1 aliphatic heterocycles. The molecular weight excluding hydrogens is 230 g/mol. The zero-order chi connectivity index (χ0) is 13.1. The van der Waals surface area contributed by atoms with Crippen LogP contribution in [0.1, 0.15) is 18.9 Å². The van der Waals surface area contributed by atoms with Crippen molar-refractivity contribution in [3.05, 3.63) is 29.8 Å². The highest BCUT2D eigenvalue weighted by Gasteiger charge is 2.27. The number of nitrogens with zero attached hydrogens (tertiary/aromatic N) is 2. The summed E-state index contributed by atoms with van der Waals surface area (Å²) < 4.78 is 5.57. The van der Waals surface area contributed by atoms with E-state index in [1.54, 1.807) is 0 Å². The summed E-state index contributed by atoms with van der Waals surface area (Å²) in [4.78, 5) is 2.22. The second-order valence-corrected chi connectivity index (χ2v) is 4.57. The van der Waals surface area contributed by atoms with E-state index in [1.165, 1.54) is 0 Å². The first-order valence-electron chi connectivity index (χ1n) is 6.06. The average Bonchev–Trinajstić information content (AvgIpc) is 2.83. The van der Waals surface area contributed by atoms with Gasteiger partial charge in [0.2, 0.25) is 0 Å². The summed E-state index contributed by atoms with van der Waals surface area (Å²) in [6, 6.07) is 8.04. The molecule has 0 amide bonds. The van der Waals surface area contributed by atoms with Crippen molar-refractivity contribution in [3.63, 3.8) is 0 Å². The molecule has 1 aromatic carbocycles. The molecule has 1 saturated heterocycles. The fourth-order valence-electron chi connectivity index (χ4n) is 2.35. The third-order valence-electron chi connectivity index (χ3n) is 3.51. The lowest BCUT2D eigenvalue weighted by Crippen LogP contribution is -2.36. The number of hydrogen-bond acceptors (Lipinski definition) is 4. The van der Waals surface area contributed by atoms with Crippen LogP contribution in [0.2, 0.25) is 0 Å². The maximum absolute atomic E-state index is 8.61. The molecule has 0 aromatic heterocycles. The van der Waals surface area contributed by atoms with Crippen LogP contribution in [-0.4, -0.2) is 36.8 Å². The first kappa shape index (κ1) is 12.7. The van der Waals surface area contributed by atoms with Gasteiger partial charge in [-0.05, 0) is 37.6 Å². The monoisotopic (exact) mass is 249 g/mol. The lowest BCUT2D eigenvalue weighted by Gasteiger charge is -2.28. The van der Waals surface area contributed by atoms with E-state index in [9.17, 15) is 0 Å². The van der Waals surface area contributed by atoms with Crippen molar-refractivity contribution in [2.45, 2.75) is 25.5 Å². The summed E-state index contributed by atoms with van der Waals surface area (Å²) in [6.07, 6.45) is 1.29. The molecule has 98 valence electrons. The Morgan fingerprint density at radius 3 is 2.61 bits per heavy atom. The number of benzene rings is 1. The zero-order valence-corrected chi connectivity index (χ0v) is 10.7. The van der Waals surface area contributed by atoms with Crippen LogP contribution in [0.15, 0.2) is 29.4 Å². The molecule has 1 fully saturated rings. The number of amidine groups is 1. The molecule has 0 spiro atoms. The van der Waals surface area contributed by atoms with Crippen LogP contribution >= 0.6 is 0 Å². The summed E-state index contributed by atoms with van der Waals surface area (Å²) >= 11 is 0. The highest BCUT2D eigenvalue weighted by molar-refractivity contribution is 5.97. The molecule has 2 unspecified atom stereocenters. The van der Waals surface area contributed by atoms with Gasteiger partial charge in [-0.3, -0.25) is 0 Å². The molecule has 2 atom stereocenters. The number of nitrogens with two attached hydrogens (primary N) is 1. The van der Waals surface area contributed by atoms with E-state index in [-0.39, 0.29) is 11.9 Å². The van der Waals surface area contributed by atoms with Crippen LogP contribution in [-0.2, 0) is 4.74 Å². The van der Waals surface area contributed by atoms with Gasteiger partial charge in [0.15, 0.2) is 5.84 Å². The third kappa shape index (κ3) is 2.41. The van der Waals surface area contributed by atoms with Crippen LogP contribution in [0.25, 0.3) is 0 Å². The molecule has 5 nitrogen and oxygen atoms in total. The van der Waals surface area contributed by atoms with Gasteiger partial charge in [-0.2, -0.15) is 0 Å². The van der Waals surface area contributed by atoms with Crippen molar-refractivity contribution >= 4 is 11.5 Å². The largest absolute Gasteiger partial charge is 0.409 e. The number of rotatable bonds is 3. The summed E-state index contributed by atoms with van der Waals surface area (Å²) in [5.41, 5.74) is 7.35. The second kappa shape index (κ2) is 5.27. The minimum absolute atomic E-state index is 0.127. The summed E-state index contributed by atoms with van der Waals surface area (Å²) in [7, 11) is 2.06. The lowest BCUT2D eigenvalue weighted by atomic mass is 10.1. The number of anilines is 1. The Kier molecular flexibility index (Phi) is 3.72. The van der Waals surface area contributed by atoms with Crippen LogP contribution < -0.4 is 10.6 Å². The quantitative estimate of drug-likeness (QED) is 0.367. The molecular formula is C13H19N3O2. The first-order chi connectivity index (χ1) is 8.63. The van der Waals surface area contributed by atoms with E-state index in [1.807, 2.05) is 24.3 Å². The topological polar surface area (TPSA) is 71.1 Å². The van der Waals surface area contributed by atoms with Crippen molar-refractivity contribution in [1.29, 1.82) is 0 Å². The Hall–Kier alpha value is -1.75. The third-order valence-corrected chi connectivity index (χ3v) is 3.51. The van der Waals surface area contributed by atoms with Crippen LogP contribution in [0.5, 0.6) is 0 Å². The fraction of sp³-hybridized carbons (Fsp3) is 0.462. The molecule has 1 aliphatic rings. The first-order valence-corrected chi connectivity index (χ1v) is 6.06. The molecule has 0 saturated carbocycles. The van der Waals surface area contributed by atoms with Crippen LogP contribution in [0.3, 0.4) is 0 Å². The SMILES string of the molecule is CC1OCCC1N(C)c1ccc(/C(N)=N/O)cc1. The van der Waals surface area contributed by atoms with E-state index in [4.69, 9.17) is 15.7 Å². The predicted molar refractivity (Wildman–Crippen MR) is 71.2 cm³/mol. The normalized spacial score (nSPS) is 24.2. The van der Waals surface area contributed by atoms with Gasteiger partial charge in [-0.15, -0.1) is 0 Å². The highest BCUT2D eigenvalue weighted by Crippen LogP contribution is 2.24. The van der Waals surface area contributed by atoms with Gasteiger partial charge in [-0.1, -0.05) is 5.16 Å². The van der Waals surface area contributed by atoms with Gasteiger partial charge in [-0.25, -0.2) is 0 Å². The van der Waals surface area contributed by atoms with Gasteiger partial charge in [0.05, 0.1) is 12.1 Å². The Labute approximate surface area is 107 Å². The molecule has 1 aromatic rings. The van der Waals surface area contributed by atoms with E-state index in [0.29, 0.717) is 11.6 Å². The predicted octanol–water partition coefficient (Wildman–Crippen LogP) is 1.39. The van der Waals surface area contributed by atoms with Crippen LogP contribution in [0.4, 0.5) is 5.69 Å². The lowest BCUT2D eigenvalue weighted by molar-refractivity contribution is 0.118. The summed E-state index contributed by atoms with van der Waals surface area (Å²) in [5.74, 6) is 0.127. The maximum Gasteiger partial charge on any atom is 0.170 e. The molecule has 0 radical (unpaired) electrons. The summed E-state index contributed by atoms with van der Waals surface area (Å²) in [5, 5.41) is 11.6. The van der Waals surface area contributed by atoms with E-state index >= 15 is 0 Å². The molecule has 0 bridgehead atoms. The van der Waals surface area contributed by atoms with Gasteiger partial charge in [0, 0.05) is 24.9 Å². The smallest absolute Gasteiger partial charge is 0.170 e. The Balaban J connectivity index is 2.14. The highest BCUT2D eigenvalue weighted by atomic mass is 16.5. The molecule has 0 aliphatic carbocycles. The molecule has 2 rings (SSSR count). The van der Waals surface area contributed by atoms with Crippen molar-refractivity contribution in [1.82, 2.24) is 0 Å². The number of likely N-dealkylation sites (N-methyl/N-ethyl adjacent to an activating group) is 1. The van der Waals surface area contributed by atoms with Crippen molar-refractivity contribution in [3.8, 4) is 0 Å². The Morgan fingerprint density at radius 1 is 1.44 bits per heavy atom. The van der Waals surface area contributed by atoms with Gasteiger partial charge >= 0.3 is 0 Å².